The zero-order chi connectivity index (χ0) is 9.84. The molecule has 2 atom stereocenters. The molecule has 0 aromatic carbocycles. The van der Waals surface area contributed by atoms with E-state index >= 15 is 0 Å². The zero-order valence-corrected chi connectivity index (χ0v) is 9.18. The number of carbonyl (C=O) groups excluding carboxylic acids is 1. The first-order valence-corrected chi connectivity index (χ1v) is 5.60. The van der Waals surface area contributed by atoms with Crippen LogP contribution in [0.25, 0.3) is 0 Å². The van der Waals surface area contributed by atoms with Crippen molar-refractivity contribution in [3.63, 3.8) is 0 Å². The Balaban J connectivity index is 2.37. The largest absolute Gasteiger partial charge is 0.300 e. The van der Waals surface area contributed by atoms with E-state index in [-0.39, 0.29) is 0 Å². The average molecular weight is 182 g/mol. The van der Waals surface area contributed by atoms with E-state index in [9.17, 15) is 4.79 Å². The van der Waals surface area contributed by atoms with Crippen LogP contribution in [0.5, 0.6) is 0 Å². The lowest BCUT2D eigenvalue weighted by atomic mass is 9.76. The molecule has 76 valence electrons. The molecule has 0 spiro atoms. The predicted molar refractivity (Wildman–Crippen MR) is 55.6 cm³/mol. The third kappa shape index (κ3) is 3.50. The van der Waals surface area contributed by atoms with E-state index in [1.807, 2.05) is 0 Å². The van der Waals surface area contributed by atoms with Crippen molar-refractivity contribution < 1.29 is 4.79 Å². The minimum atomic E-state index is 0.387. The number of rotatable bonds is 3. The fraction of sp³-hybridized carbons (Fsp3) is 0.917. The van der Waals surface area contributed by atoms with E-state index in [2.05, 4.69) is 13.8 Å². The monoisotopic (exact) mass is 182 g/mol. The van der Waals surface area contributed by atoms with Crippen molar-refractivity contribution in [3.8, 4) is 0 Å². The van der Waals surface area contributed by atoms with Gasteiger partial charge in [0.2, 0.25) is 0 Å². The lowest BCUT2D eigenvalue weighted by molar-refractivity contribution is -0.122. The van der Waals surface area contributed by atoms with Crippen molar-refractivity contribution in [2.24, 2.45) is 17.8 Å². The Morgan fingerprint density at radius 2 is 2.08 bits per heavy atom. The van der Waals surface area contributed by atoms with E-state index < -0.39 is 0 Å². The summed E-state index contributed by atoms with van der Waals surface area (Å²) in [6.07, 6.45) is 6.23. The molecule has 1 saturated carbocycles. The van der Waals surface area contributed by atoms with Crippen molar-refractivity contribution in [1.29, 1.82) is 0 Å². The maximum atomic E-state index is 11.2. The molecule has 0 radical (unpaired) electrons. The third-order valence-corrected chi connectivity index (χ3v) is 3.16. The van der Waals surface area contributed by atoms with Crippen molar-refractivity contribution in [2.75, 3.05) is 0 Å². The van der Waals surface area contributed by atoms with E-state index in [1.165, 1.54) is 19.3 Å². The molecule has 1 nitrogen and oxygen atoms in total. The normalized spacial score (nSPS) is 29.2. The average Bonchev–Trinajstić information content (AvgIpc) is 2.03. The van der Waals surface area contributed by atoms with Gasteiger partial charge in [0, 0.05) is 5.92 Å². The number of carbonyl (C=O) groups is 1. The molecule has 1 rings (SSSR count). The molecule has 0 bridgehead atoms. The fourth-order valence-corrected chi connectivity index (χ4v) is 2.54. The van der Waals surface area contributed by atoms with Gasteiger partial charge in [-0.25, -0.2) is 0 Å². The van der Waals surface area contributed by atoms with Gasteiger partial charge in [0.25, 0.3) is 0 Å². The van der Waals surface area contributed by atoms with E-state index in [1.54, 1.807) is 6.92 Å². The highest BCUT2D eigenvalue weighted by Crippen LogP contribution is 2.33. The summed E-state index contributed by atoms with van der Waals surface area (Å²) in [6.45, 7) is 6.30. The summed E-state index contributed by atoms with van der Waals surface area (Å²) in [5.41, 5.74) is 0. The molecule has 0 aromatic heterocycles. The molecule has 13 heavy (non-hydrogen) atoms. The summed E-state index contributed by atoms with van der Waals surface area (Å²) in [7, 11) is 0. The van der Waals surface area contributed by atoms with Gasteiger partial charge in [-0.15, -0.1) is 0 Å². The van der Waals surface area contributed by atoms with Gasteiger partial charge in [0.05, 0.1) is 0 Å². The first kappa shape index (κ1) is 10.7. The van der Waals surface area contributed by atoms with Crippen LogP contribution in [0.4, 0.5) is 0 Å². The maximum Gasteiger partial charge on any atom is 0.132 e. The van der Waals surface area contributed by atoms with Crippen molar-refractivity contribution in [1.82, 2.24) is 0 Å². The Morgan fingerprint density at radius 1 is 1.38 bits per heavy atom. The maximum absolute atomic E-state index is 11.2. The highest BCUT2D eigenvalue weighted by atomic mass is 16.1. The van der Waals surface area contributed by atoms with Crippen LogP contribution in [-0.2, 0) is 4.79 Å². The fourth-order valence-electron chi connectivity index (χ4n) is 2.54. The molecule has 1 heteroatoms. The first-order valence-electron chi connectivity index (χ1n) is 5.60. The van der Waals surface area contributed by atoms with E-state index in [0.717, 1.165) is 24.7 Å². The summed E-state index contributed by atoms with van der Waals surface area (Å²) in [4.78, 5) is 11.2. The summed E-state index contributed by atoms with van der Waals surface area (Å²) >= 11 is 0. The predicted octanol–water partition coefficient (Wildman–Crippen LogP) is 3.43. The van der Waals surface area contributed by atoms with Gasteiger partial charge in [-0.3, -0.25) is 4.79 Å². The van der Waals surface area contributed by atoms with Crippen LogP contribution in [0.15, 0.2) is 0 Å². The zero-order valence-electron chi connectivity index (χ0n) is 9.18. The molecule has 1 aliphatic carbocycles. The standard InChI is InChI=1S/C12H22O/c1-9(2)7-11-5-4-6-12(8-11)10(3)13/h9,11-12H,4-8H2,1-3H3. The molecule has 0 amide bonds. The molecule has 2 unspecified atom stereocenters. The molecule has 0 aromatic rings. The molecule has 1 fully saturated rings. The molecule has 0 saturated heterocycles. The lowest BCUT2D eigenvalue weighted by Crippen LogP contribution is -2.21. The lowest BCUT2D eigenvalue weighted by Gasteiger charge is -2.28. The highest BCUT2D eigenvalue weighted by molar-refractivity contribution is 5.78. The smallest absolute Gasteiger partial charge is 0.132 e. The quantitative estimate of drug-likeness (QED) is 0.653. The van der Waals surface area contributed by atoms with Crippen LogP contribution in [-0.4, -0.2) is 5.78 Å². The van der Waals surface area contributed by atoms with Crippen molar-refractivity contribution >= 4 is 5.78 Å². The number of hydrogen-bond donors (Lipinski definition) is 0. The van der Waals surface area contributed by atoms with Gasteiger partial charge in [0.1, 0.15) is 5.78 Å². The molecular formula is C12H22O. The molecule has 0 aliphatic heterocycles. The molecule has 0 N–H and O–H groups in total. The second-order valence-electron chi connectivity index (χ2n) is 4.97. The van der Waals surface area contributed by atoms with E-state index in [0.29, 0.717) is 11.7 Å². The molecule has 0 heterocycles. The number of hydrogen-bond acceptors (Lipinski definition) is 1. The SMILES string of the molecule is CC(=O)C1CCCC(CC(C)C)C1. The van der Waals surface area contributed by atoms with Gasteiger partial charge in [0.15, 0.2) is 0 Å². The molecule has 1 aliphatic rings. The van der Waals surface area contributed by atoms with Crippen molar-refractivity contribution in [2.45, 2.75) is 52.9 Å². The van der Waals surface area contributed by atoms with Crippen LogP contribution < -0.4 is 0 Å². The molecular weight excluding hydrogens is 160 g/mol. The van der Waals surface area contributed by atoms with Crippen LogP contribution in [0, 0.1) is 17.8 Å². The Morgan fingerprint density at radius 3 is 2.62 bits per heavy atom. The Hall–Kier alpha value is -0.330. The highest BCUT2D eigenvalue weighted by Gasteiger charge is 2.24. The Bertz CT molecular complexity index is 172. The summed E-state index contributed by atoms with van der Waals surface area (Å²) < 4.78 is 0. The third-order valence-electron chi connectivity index (χ3n) is 3.16. The summed E-state index contributed by atoms with van der Waals surface area (Å²) in [6, 6.07) is 0. The van der Waals surface area contributed by atoms with Crippen LogP contribution in [0.3, 0.4) is 0 Å². The van der Waals surface area contributed by atoms with Crippen LogP contribution in [0.1, 0.15) is 52.9 Å². The Labute approximate surface area is 81.9 Å². The van der Waals surface area contributed by atoms with Crippen LogP contribution >= 0.6 is 0 Å². The summed E-state index contributed by atoms with van der Waals surface area (Å²) in [5.74, 6) is 2.41. The summed E-state index contributed by atoms with van der Waals surface area (Å²) in [5, 5.41) is 0. The first-order chi connectivity index (χ1) is 6.09. The van der Waals surface area contributed by atoms with Crippen LogP contribution in [0.2, 0.25) is 0 Å². The van der Waals surface area contributed by atoms with Gasteiger partial charge in [-0.1, -0.05) is 26.7 Å². The Kier molecular flexibility index (Phi) is 3.95. The second kappa shape index (κ2) is 4.78. The number of Topliss-reactive ketones (excluding diaryl/α,β-unsaturated/α-hetero) is 1. The number of ketones is 1. The van der Waals surface area contributed by atoms with Crippen molar-refractivity contribution in [3.05, 3.63) is 0 Å². The topological polar surface area (TPSA) is 17.1 Å². The van der Waals surface area contributed by atoms with Gasteiger partial charge >= 0.3 is 0 Å². The van der Waals surface area contributed by atoms with Gasteiger partial charge in [-0.05, 0) is 38.0 Å². The van der Waals surface area contributed by atoms with Gasteiger partial charge in [-0.2, -0.15) is 0 Å². The second-order valence-corrected chi connectivity index (χ2v) is 4.97. The van der Waals surface area contributed by atoms with Gasteiger partial charge < -0.3 is 0 Å². The van der Waals surface area contributed by atoms with E-state index in [4.69, 9.17) is 0 Å². The minimum absolute atomic E-state index is 0.387. The minimum Gasteiger partial charge on any atom is -0.300 e.